The number of thioether (sulfide) groups is 1. The van der Waals surface area contributed by atoms with Crippen molar-refractivity contribution in [2.45, 2.75) is 13.8 Å². The van der Waals surface area contributed by atoms with E-state index in [9.17, 15) is 14.0 Å². The third-order valence-corrected chi connectivity index (χ3v) is 5.29. The minimum absolute atomic E-state index is 0.132. The fourth-order valence-corrected chi connectivity index (χ4v) is 3.77. The minimum Gasteiger partial charge on any atom is -0.478 e. The molecule has 0 spiro atoms. The zero-order chi connectivity index (χ0) is 19.6. The largest absolute Gasteiger partial charge is 0.478 e. The Labute approximate surface area is 160 Å². The molecule has 1 amide bonds. The summed E-state index contributed by atoms with van der Waals surface area (Å²) in [6.45, 7) is 4.09. The zero-order valence-electron chi connectivity index (χ0n) is 14.8. The number of likely N-dealkylation sites (N-methyl/N-ethyl adjacent to an activating group) is 1. The van der Waals surface area contributed by atoms with Gasteiger partial charge in [0.05, 0.1) is 16.2 Å². The van der Waals surface area contributed by atoms with E-state index in [4.69, 9.17) is 5.11 Å². The molecule has 7 heteroatoms. The van der Waals surface area contributed by atoms with Crippen molar-refractivity contribution in [3.63, 3.8) is 0 Å². The van der Waals surface area contributed by atoms with Crippen LogP contribution in [0.25, 0.3) is 5.57 Å². The molecule has 0 aromatic heterocycles. The molecule has 3 rings (SSSR count). The van der Waals surface area contributed by atoms with E-state index in [1.54, 1.807) is 29.2 Å². The molecule has 1 N–H and O–H groups in total. The predicted octanol–water partition coefficient (Wildman–Crippen LogP) is 4.54. The normalized spacial score (nSPS) is 17.5. The molecule has 2 aromatic rings. The monoisotopic (exact) mass is 384 g/mol. The molecule has 1 fully saturated rings. The Bertz CT molecular complexity index is 967. The van der Waals surface area contributed by atoms with Gasteiger partial charge >= 0.3 is 5.97 Å². The van der Waals surface area contributed by atoms with Crippen molar-refractivity contribution >= 4 is 40.1 Å². The number of halogens is 1. The molecule has 0 atom stereocenters. The average Bonchev–Trinajstić information content (AvgIpc) is 2.97. The van der Waals surface area contributed by atoms with Crippen molar-refractivity contribution in [1.82, 2.24) is 4.90 Å². The molecule has 138 valence electrons. The van der Waals surface area contributed by atoms with E-state index in [2.05, 4.69) is 4.99 Å². The second kappa shape index (κ2) is 7.75. The van der Waals surface area contributed by atoms with Crippen LogP contribution >= 0.6 is 11.8 Å². The highest BCUT2D eigenvalue weighted by atomic mass is 32.2. The average molecular weight is 384 g/mol. The van der Waals surface area contributed by atoms with Crippen LogP contribution in [0.2, 0.25) is 0 Å². The summed E-state index contributed by atoms with van der Waals surface area (Å²) in [6.07, 6.45) is 0. The van der Waals surface area contributed by atoms with Crippen LogP contribution in [0.5, 0.6) is 0 Å². The maximum Gasteiger partial charge on any atom is 0.335 e. The Morgan fingerprint density at radius 3 is 2.52 bits per heavy atom. The van der Waals surface area contributed by atoms with Gasteiger partial charge in [0.2, 0.25) is 0 Å². The van der Waals surface area contributed by atoms with Gasteiger partial charge < -0.3 is 5.11 Å². The van der Waals surface area contributed by atoms with Crippen molar-refractivity contribution < 1.29 is 19.1 Å². The number of carboxylic acid groups (broad SMARTS) is 1. The number of carboxylic acids is 1. The summed E-state index contributed by atoms with van der Waals surface area (Å²) in [6, 6.07) is 12.2. The van der Waals surface area contributed by atoms with Crippen LogP contribution < -0.4 is 0 Å². The van der Waals surface area contributed by atoms with Gasteiger partial charge in [-0.1, -0.05) is 18.2 Å². The van der Waals surface area contributed by atoms with Gasteiger partial charge in [0, 0.05) is 6.54 Å². The van der Waals surface area contributed by atoms with E-state index >= 15 is 0 Å². The van der Waals surface area contributed by atoms with Gasteiger partial charge in [-0.2, -0.15) is 0 Å². The van der Waals surface area contributed by atoms with Crippen LogP contribution in [0.3, 0.4) is 0 Å². The molecular weight excluding hydrogens is 367 g/mol. The number of hydrogen-bond acceptors (Lipinski definition) is 4. The molecule has 0 saturated carbocycles. The summed E-state index contributed by atoms with van der Waals surface area (Å²) in [7, 11) is 0. The number of carbonyl (C=O) groups excluding carboxylic acids is 1. The second-order valence-corrected chi connectivity index (χ2v) is 6.84. The van der Waals surface area contributed by atoms with Gasteiger partial charge in [-0.3, -0.25) is 9.69 Å². The van der Waals surface area contributed by atoms with E-state index in [-0.39, 0.29) is 17.3 Å². The first-order valence-electron chi connectivity index (χ1n) is 8.29. The fraction of sp³-hybridized carbons (Fsp3) is 0.150. The Morgan fingerprint density at radius 2 is 1.89 bits per heavy atom. The Morgan fingerprint density at radius 1 is 1.19 bits per heavy atom. The first-order valence-corrected chi connectivity index (χ1v) is 9.11. The molecule has 1 saturated heterocycles. The van der Waals surface area contributed by atoms with E-state index in [0.29, 0.717) is 22.3 Å². The molecule has 1 heterocycles. The molecule has 5 nitrogen and oxygen atoms in total. The SMILES string of the molecule is CCN1C(=O)/C(=C(\C)c2ccc(F)cc2)SC1=Nc1cccc(C(=O)O)c1. The Hall–Kier alpha value is -2.93. The first kappa shape index (κ1) is 18.8. The number of aromatic carboxylic acids is 1. The number of carbonyl (C=O) groups is 2. The summed E-state index contributed by atoms with van der Waals surface area (Å²) in [5.74, 6) is -1.54. The number of amides is 1. The maximum atomic E-state index is 13.2. The second-order valence-electron chi connectivity index (χ2n) is 5.86. The standard InChI is InChI=1S/C20H17FN2O3S/c1-3-23-18(24)17(12(2)13-7-9-15(21)10-8-13)27-20(23)22-16-6-4-5-14(11-16)19(25)26/h4-11H,3H2,1-2H3,(H,25,26)/b17-12-,22-20?. The highest BCUT2D eigenvalue weighted by molar-refractivity contribution is 8.18. The lowest BCUT2D eigenvalue weighted by atomic mass is 10.1. The van der Waals surface area contributed by atoms with Crippen molar-refractivity contribution in [3.8, 4) is 0 Å². The maximum absolute atomic E-state index is 13.2. The van der Waals surface area contributed by atoms with Crippen LogP contribution in [0.1, 0.15) is 29.8 Å². The number of allylic oxidation sites excluding steroid dienone is 1. The molecule has 0 radical (unpaired) electrons. The highest BCUT2D eigenvalue weighted by Crippen LogP contribution is 2.37. The number of aliphatic imine (C=N–C) groups is 1. The summed E-state index contributed by atoms with van der Waals surface area (Å²) in [4.78, 5) is 30.5. The van der Waals surface area contributed by atoms with Gasteiger partial charge in [-0.05, 0) is 67.1 Å². The fourth-order valence-electron chi connectivity index (χ4n) is 2.65. The van der Waals surface area contributed by atoms with Crippen molar-refractivity contribution in [2.24, 2.45) is 4.99 Å². The minimum atomic E-state index is -1.03. The molecule has 27 heavy (non-hydrogen) atoms. The van der Waals surface area contributed by atoms with Gasteiger partial charge in [-0.15, -0.1) is 0 Å². The number of nitrogens with zero attached hydrogens (tertiary/aromatic N) is 2. The topological polar surface area (TPSA) is 70.0 Å². The van der Waals surface area contributed by atoms with Crippen LogP contribution in [-0.4, -0.2) is 33.6 Å². The van der Waals surface area contributed by atoms with E-state index in [0.717, 1.165) is 11.1 Å². The van der Waals surface area contributed by atoms with E-state index in [1.807, 2.05) is 13.8 Å². The Kier molecular flexibility index (Phi) is 5.41. The summed E-state index contributed by atoms with van der Waals surface area (Å²) < 4.78 is 13.2. The van der Waals surface area contributed by atoms with Crippen LogP contribution in [-0.2, 0) is 4.79 Å². The molecule has 1 aliphatic heterocycles. The lowest BCUT2D eigenvalue weighted by Crippen LogP contribution is -2.28. The number of rotatable bonds is 4. The molecule has 1 aliphatic rings. The van der Waals surface area contributed by atoms with Gasteiger partial charge in [0.1, 0.15) is 5.82 Å². The molecule has 0 unspecified atom stereocenters. The Balaban J connectivity index is 1.99. The summed E-state index contributed by atoms with van der Waals surface area (Å²) in [5.41, 5.74) is 2.10. The molecule has 0 bridgehead atoms. The van der Waals surface area contributed by atoms with Crippen LogP contribution in [0, 0.1) is 5.82 Å². The van der Waals surface area contributed by atoms with Crippen molar-refractivity contribution in [1.29, 1.82) is 0 Å². The van der Waals surface area contributed by atoms with Gasteiger partial charge in [-0.25, -0.2) is 14.2 Å². The summed E-state index contributed by atoms with van der Waals surface area (Å²) >= 11 is 1.23. The number of amidine groups is 1. The van der Waals surface area contributed by atoms with E-state index in [1.165, 1.54) is 36.0 Å². The third-order valence-electron chi connectivity index (χ3n) is 4.12. The molecular formula is C20H17FN2O3S. The smallest absolute Gasteiger partial charge is 0.335 e. The number of hydrogen-bond donors (Lipinski definition) is 1. The van der Waals surface area contributed by atoms with Gasteiger partial charge in [0.15, 0.2) is 5.17 Å². The van der Waals surface area contributed by atoms with Crippen molar-refractivity contribution in [3.05, 3.63) is 70.4 Å². The lowest BCUT2D eigenvalue weighted by molar-refractivity contribution is -0.122. The van der Waals surface area contributed by atoms with E-state index < -0.39 is 5.97 Å². The van der Waals surface area contributed by atoms with Crippen molar-refractivity contribution in [2.75, 3.05) is 6.54 Å². The lowest BCUT2D eigenvalue weighted by Gasteiger charge is -2.12. The molecule has 0 aliphatic carbocycles. The zero-order valence-corrected chi connectivity index (χ0v) is 15.6. The predicted molar refractivity (Wildman–Crippen MR) is 104 cm³/mol. The quantitative estimate of drug-likeness (QED) is 0.786. The van der Waals surface area contributed by atoms with Gasteiger partial charge in [0.25, 0.3) is 5.91 Å². The first-order chi connectivity index (χ1) is 12.9. The molecule has 2 aromatic carbocycles. The van der Waals surface area contributed by atoms with Crippen LogP contribution in [0.15, 0.2) is 58.4 Å². The number of benzene rings is 2. The third kappa shape index (κ3) is 3.93. The highest BCUT2D eigenvalue weighted by Gasteiger charge is 2.34. The van der Waals surface area contributed by atoms with Crippen LogP contribution in [0.4, 0.5) is 10.1 Å². The summed E-state index contributed by atoms with van der Waals surface area (Å²) in [5, 5.41) is 9.61.